The van der Waals surface area contributed by atoms with E-state index in [-0.39, 0.29) is 0 Å². The molecule has 1 saturated heterocycles. The third-order valence-electron chi connectivity index (χ3n) is 1.09. The number of halogens is 1. The highest BCUT2D eigenvalue weighted by Gasteiger charge is 2.26. The molecule has 1 nitrogen and oxygen atoms in total. The van der Waals surface area contributed by atoms with Crippen LogP contribution in [0.15, 0.2) is 0 Å². The Hall–Kier alpha value is 0.690. The molecule has 0 radical (unpaired) electrons. The molecule has 36 valence electrons. The summed E-state index contributed by atoms with van der Waals surface area (Å²) in [5, 5.41) is 3.27. The van der Waals surface area contributed by atoms with Gasteiger partial charge in [0.15, 0.2) is 0 Å². The molecule has 0 aliphatic carbocycles. The summed E-state index contributed by atoms with van der Waals surface area (Å²) in [5.74, 6) is 0. The molecule has 1 fully saturated rings. The first kappa shape index (κ1) is 4.84. The third-order valence-corrected chi connectivity index (χ3v) is 2.01. The van der Waals surface area contributed by atoms with Crippen LogP contribution in [0.4, 0.5) is 0 Å². The van der Waals surface area contributed by atoms with E-state index < -0.39 is 0 Å². The van der Waals surface area contributed by atoms with Gasteiger partial charge in [-0.25, -0.2) is 0 Å². The lowest BCUT2D eigenvalue weighted by Crippen LogP contribution is -2.49. The van der Waals surface area contributed by atoms with Gasteiger partial charge in [0.1, 0.15) is 0 Å². The van der Waals surface area contributed by atoms with E-state index in [0.29, 0.717) is 3.55 Å². The van der Waals surface area contributed by atoms with Crippen molar-refractivity contribution in [2.24, 2.45) is 0 Å². The summed E-state index contributed by atoms with van der Waals surface area (Å²) in [4.78, 5) is 0. The fourth-order valence-corrected chi connectivity index (χ4v) is 1.01. The standard InChI is InChI=1S/C4H8IN/c1-4(5)2-3-6-4/h6H,2-3H2,1H3. The Morgan fingerprint density at radius 2 is 2.17 bits per heavy atom. The van der Waals surface area contributed by atoms with Gasteiger partial charge in [-0.15, -0.1) is 0 Å². The molecule has 1 atom stereocenters. The maximum absolute atomic E-state index is 3.27. The van der Waals surface area contributed by atoms with Crippen LogP contribution in [0, 0.1) is 0 Å². The smallest absolute Gasteiger partial charge is 0.0689 e. The van der Waals surface area contributed by atoms with Crippen molar-refractivity contribution in [3.8, 4) is 0 Å². The molecule has 6 heavy (non-hydrogen) atoms. The van der Waals surface area contributed by atoms with E-state index in [2.05, 4.69) is 34.8 Å². The number of alkyl halides is 1. The minimum Gasteiger partial charge on any atom is -0.303 e. The minimum atomic E-state index is 0.442. The molecule has 0 saturated carbocycles. The molecule has 2 heteroatoms. The van der Waals surface area contributed by atoms with Crippen molar-refractivity contribution in [1.82, 2.24) is 5.32 Å². The Kier molecular flexibility index (Phi) is 1.08. The van der Waals surface area contributed by atoms with Crippen LogP contribution in [-0.4, -0.2) is 10.1 Å². The van der Waals surface area contributed by atoms with Crippen LogP contribution in [0.5, 0.6) is 0 Å². The number of hydrogen-bond acceptors (Lipinski definition) is 1. The average Bonchev–Trinajstić information content (AvgIpc) is 1.32. The van der Waals surface area contributed by atoms with E-state index in [1.165, 1.54) is 13.0 Å². The maximum atomic E-state index is 3.27. The summed E-state index contributed by atoms with van der Waals surface area (Å²) in [7, 11) is 0. The minimum absolute atomic E-state index is 0.442. The van der Waals surface area contributed by atoms with Crippen LogP contribution in [0.3, 0.4) is 0 Å². The zero-order valence-electron chi connectivity index (χ0n) is 3.79. The first-order chi connectivity index (χ1) is 2.71. The summed E-state index contributed by atoms with van der Waals surface area (Å²) in [6.45, 7) is 3.41. The summed E-state index contributed by atoms with van der Waals surface area (Å²) < 4.78 is 0.442. The van der Waals surface area contributed by atoms with E-state index in [1.54, 1.807) is 0 Å². The first-order valence-corrected chi connectivity index (χ1v) is 3.22. The van der Waals surface area contributed by atoms with E-state index in [1.807, 2.05) is 0 Å². The van der Waals surface area contributed by atoms with E-state index in [4.69, 9.17) is 0 Å². The highest BCUT2D eigenvalue weighted by atomic mass is 127. The summed E-state index contributed by atoms with van der Waals surface area (Å²) in [6.07, 6.45) is 1.33. The van der Waals surface area contributed by atoms with Gasteiger partial charge in [-0.05, 0) is 19.9 Å². The van der Waals surface area contributed by atoms with Gasteiger partial charge in [0.05, 0.1) is 3.55 Å². The van der Waals surface area contributed by atoms with E-state index >= 15 is 0 Å². The normalized spacial score (nSPS) is 45.0. The van der Waals surface area contributed by atoms with Gasteiger partial charge in [-0.2, -0.15) is 0 Å². The van der Waals surface area contributed by atoms with Crippen LogP contribution in [0.1, 0.15) is 13.3 Å². The van der Waals surface area contributed by atoms with Gasteiger partial charge >= 0.3 is 0 Å². The lowest BCUT2D eigenvalue weighted by molar-refractivity contribution is 0.379. The number of rotatable bonds is 0. The lowest BCUT2D eigenvalue weighted by Gasteiger charge is -2.33. The van der Waals surface area contributed by atoms with Crippen LogP contribution in [-0.2, 0) is 0 Å². The molecule has 1 unspecified atom stereocenters. The SMILES string of the molecule is CC1(I)CCN1. The third kappa shape index (κ3) is 0.846. The molecule has 1 heterocycles. The van der Waals surface area contributed by atoms with Crippen molar-refractivity contribution in [3.05, 3.63) is 0 Å². The largest absolute Gasteiger partial charge is 0.303 e. The molecule has 0 bridgehead atoms. The zero-order valence-corrected chi connectivity index (χ0v) is 5.95. The van der Waals surface area contributed by atoms with Gasteiger partial charge in [-0.3, -0.25) is 0 Å². The second-order valence-corrected chi connectivity index (χ2v) is 4.26. The van der Waals surface area contributed by atoms with Crippen LogP contribution in [0.2, 0.25) is 0 Å². The second kappa shape index (κ2) is 1.33. The van der Waals surface area contributed by atoms with Crippen molar-refractivity contribution in [3.63, 3.8) is 0 Å². The predicted molar refractivity (Wildman–Crippen MR) is 35.0 cm³/mol. The fraction of sp³-hybridized carbons (Fsp3) is 1.00. The van der Waals surface area contributed by atoms with Crippen molar-refractivity contribution in [2.45, 2.75) is 16.9 Å². The Bertz CT molecular complexity index is 54.6. The number of nitrogens with one attached hydrogen (secondary N) is 1. The maximum Gasteiger partial charge on any atom is 0.0689 e. The lowest BCUT2D eigenvalue weighted by atomic mass is 10.1. The molecule has 0 spiro atoms. The molecular weight excluding hydrogens is 189 g/mol. The average molecular weight is 197 g/mol. The van der Waals surface area contributed by atoms with Gasteiger partial charge < -0.3 is 5.32 Å². The topological polar surface area (TPSA) is 12.0 Å². The Labute approximate surface area is 51.6 Å². The molecule has 1 aliphatic heterocycles. The van der Waals surface area contributed by atoms with Gasteiger partial charge in [0, 0.05) is 0 Å². The van der Waals surface area contributed by atoms with Crippen LogP contribution < -0.4 is 5.32 Å². The molecule has 1 aliphatic rings. The Morgan fingerprint density at radius 3 is 2.17 bits per heavy atom. The highest BCUT2D eigenvalue weighted by molar-refractivity contribution is 14.1. The summed E-state index contributed by atoms with van der Waals surface area (Å²) in [5.41, 5.74) is 0. The van der Waals surface area contributed by atoms with Crippen LogP contribution in [0.25, 0.3) is 0 Å². The van der Waals surface area contributed by atoms with Crippen molar-refractivity contribution in [1.29, 1.82) is 0 Å². The first-order valence-electron chi connectivity index (χ1n) is 2.15. The summed E-state index contributed by atoms with van der Waals surface area (Å²) >= 11 is 2.42. The quantitative estimate of drug-likeness (QED) is 0.348. The fourth-order valence-electron chi connectivity index (χ4n) is 0.469. The van der Waals surface area contributed by atoms with Crippen LogP contribution >= 0.6 is 22.6 Å². The Balaban J connectivity index is 2.31. The van der Waals surface area contributed by atoms with Crippen molar-refractivity contribution in [2.75, 3.05) is 6.54 Å². The van der Waals surface area contributed by atoms with Gasteiger partial charge in [0.2, 0.25) is 0 Å². The zero-order chi connectivity index (χ0) is 4.62. The molecule has 1 rings (SSSR count). The second-order valence-electron chi connectivity index (χ2n) is 1.87. The predicted octanol–water partition coefficient (Wildman–Crippen LogP) is 1.13. The van der Waals surface area contributed by atoms with Gasteiger partial charge in [-0.1, -0.05) is 22.6 Å². The summed E-state index contributed by atoms with van der Waals surface area (Å²) in [6, 6.07) is 0. The molecule has 0 aromatic heterocycles. The monoisotopic (exact) mass is 197 g/mol. The molecular formula is C4H8IN. The molecule has 0 aromatic rings. The van der Waals surface area contributed by atoms with E-state index in [0.717, 1.165) is 0 Å². The highest BCUT2D eigenvalue weighted by Crippen LogP contribution is 2.24. The van der Waals surface area contributed by atoms with Gasteiger partial charge in [0.25, 0.3) is 0 Å². The van der Waals surface area contributed by atoms with E-state index in [9.17, 15) is 0 Å². The number of hydrogen-bond donors (Lipinski definition) is 1. The Morgan fingerprint density at radius 1 is 1.83 bits per heavy atom. The van der Waals surface area contributed by atoms with Crippen molar-refractivity contribution >= 4 is 22.6 Å². The van der Waals surface area contributed by atoms with Crippen molar-refractivity contribution < 1.29 is 0 Å². The molecule has 0 amide bonds. The molecule has 1 N–H and O–H groups in total. The molecule has 0 aromatic carbocycles.